The zero-order valence-corrected chi connectivity index (χ0v) is 21.7. The summed E-state index contributed by atoms with van der Waals surface area (Å²) in [6, 6.07) is 3.58. The zero-order chi connectivity index (χ0) is 24.9. The van der Waals surface area contributed by atoms with E-state index in [0.717, 1.165) is 0 Å². The van der Waals surface area contributed by atoms with Crippen LogP contribution in [-0.2, 0) is 14.3 Å². The molecule has 0 spiro atoms. The van der Waals surface area contributed by atoms with Crippen molar-refractivity contribution in [2.24, 2.45) is 4.99 Å². The van der Waals surface area contributed by atoms with Crippen LogP contribution in [0.2, 0.25) is 0 Å². The van der Waals surface area contributed by atoms with Gasteiger partial charge in [-0.3, -0.25) is 9.89 Å². The smallest absolute Gasteiger partial charge is 0.409 e. The number of amides is 1. The number of benzene rings is 1. The van der Waals surface area contributed by atoms with Gasteiger partial charge in [0, 0.05) is 54.5 Å². The SMILES string of the molecule is CCOC(=O)C1=C(CN2CCN(C(=O)OC)CC2)NC(c2nccs2)=NC1c1ccc(F)cc1Br. The van der Waals surface area contributed by atoms with Gasteiger partial charge >= 0.3 is 12.1 Å². The molecule has 2 aliphatic rings. The average molecular weight is 566 g/mol. The van der Waals surface area contributed by atoms with Crippen LogP contribution in [0.5, 0.6) is 0 Å². The monoisotopic (exact) mass is 565 g/mol. The molecule has 0 bridgehead atoms. The molecule has 1 fully saturated rings. The summed E-state index contributed by atoms with van der Waals surface area (Å²) >= 11 is 4.86. The van der Waals surface area contributed by atoms with Crippen LogP contribution in [0.4, 0.5) is 9.18 Å². The largest absolute Gasteiger partial charge is 0.463 e. The topological polar surface area (TPSA) is 96.4 Å². The van der Waals surface area contributed by atoms with E-state index in [-0.39, 0.29) is 12.7 Å². The summed E-state index contributed by atoms with van der Waals surface area (Å²) in [5.41, 5.74) is 1.63. The fourth-order valence-electron chi connectivity index (χ4n) is 4.01. The van der Waals surface area contributed by atoms with Crippen molar-refractivity contribution in [1.29, 1.82) is 0 Å². The lowest BCUT2D eigenvalue weighted by atomic mass is 9.95. The van der Waals surface area contributed by atoms with E-state index < -0.39 is 17.8 Å². The Hall–Kier alpha value is -2.83. The molecule has 12 heteroatoms. The first-order chi connectivity index (χ1) is 16.9. The molecule has 4 rings (SSSR count). The standard InChI is InChI=1S/C23H25BrFN5O4S/c1-3-34-22(31)18-17(13-29-7-9-30(10-8-29)23(32)33-2)27-20(21-26-6-11-35-21)28-19(18)15-5-4-14(25)12-16(15)24/h4-6,11-12,19H,3,7-10,13H2,1-2H3,(H,27,28). The van der Waals surface area contributed by atoms with Crippen molar-refractivity contribution in [3.05, 3.63) is 61.9 Å². The van der Waals surface area contributed by atoms with Crippen LogP contribution in [0.1, 0.15) is 23.5 Å². The summed E-state index contributed by atoms with van der Waals surface area (Å²) in [5, 5.41) is 5.83. The maximum Gasteiger partial charge on any atom is 0.409 e. The molecule has 1 unspecified atom stereocenters. The van der Waals surface area contributed by atoms with Crippen LogP contribution in [0.25, 0.3) is 0 Å². The minimum atomic E-state index is -0.726. The van der Waals surface area contributed by atoms with E-state index in [0.29, 0.717) is 64.9 Å². The first-order valence-electron chi connectivity index (χ1n) is 11.1. The molecule has 1 atom stereocenters. The Balaban J connectivity index is 1.72. The number of esters is 1. The minimum Gasteiger partial charge on any atom is -0.463 e. The van der Waals surface area contributed by atoms with Gasteiger partial charge in [0.1, 0.15) is 11.9 Å². The van der Waals surface area contributed by atoms with E-state index in [2.05, 4.69) is 31.1 Å². The average Bonchev–Trinajstić information content (AvgIpc) is 3.39. The molecule has 1 amide bonds. The summed E-state index contributed by atoms with van der Waals surface area (Å²) in [7, 11) is 1.37. The second-order valence-corrected chi connectivity index (χ2v) is 9.60. The second kappa shape index (κ2) is 11.3. The van der Waals surface area contributed by atoms with E-state index in [4.69, 9.17) is 14.5 Å². The highest BCUT2D eigenvalue weighted by molar-refractivity contribution is 9.10. The molecule has 35 heavy (non-hydrogen) atoms. The molecule has 1 aromatic heterocycles. The molecule has 1 aromatic carbocycles. The van der Waals surface area contributed by atoms with Crippen molar-refractivity contribution in [2.75, 3.05) is 46.4 Å². The van der Waals surface area contributed by atoms with E-state index in [1.54, 1.807) is 24.1 Å². The van der Waals surface area contributed by atoms with Gasteiger partial charge in [-0.1, -0.05) is 22.0 Å². The first-order valence-corrected chi connectivity index (χ1v) is 12.7. The van der Waals surface area contributed by atoms with Gasteiger partial charge in [-0.25, -0.2) is 19.0 Å². The van der Waals surface area contributed by atoms with E-state index in [1.807, 2.05) is 5.38 Å². The number of methoxy groups -OCH3 is 1. The van der Waals surface area contributed by atoms with Crippen molar-refractivity contribution in [3.8, 4) is 0 Å². The third-order valence-electron chi connectivity index (χ3n) is 5.70. The van der Waals surface area contributed by atoms with Crippen LogP contribution < -0.4 is 5.32 Å². The summed E-state index contributed by atoms with van der Waals surface area (Å²) in [4.78, 5) is 38.0. The molecule has 186 valence electrons. The Morgan fingerprint density at radius 1 is 1.29 bits per heavy atom. The number of aliphatic imine (C=N–C) groups is 1. The summed E-state index contributed by atoms with van der Waals surface area (Å²) in [6.45, 7) is 4.57. The van der Waals surface area contributed by atoms with Gasteiger partial charge in [0.05, 0.1) is 19.3 Å². The highest BCUT2D eigenvalue weighted by atomic mass is 79.9. The molecule has 1 N–H and O–H groups in total. The van der Waals surface area contributed by atoms with Gasteiger partial charge in [-0.15, -0.1) is 11.3 Å². The number of carbonyl (C=O) groups is 2. The molecule has 2 aliphatic heterocycles. The summed E-state index contributed by atoms with van der Waals surface area (Å²) in [6.07, 6.45) is 1.33. The third-order valence-corrected chi connectivity index (χ3v) is 7.17. The number of halogens is 2. The summed E-state index contributed by atoms with van der Waals surface area (Å²) in [5.74, 6) is -0.368. The van der Waals surface area contributed by atoms with Gasteiger partial charge in [-0.2, -0.15) is 0 Å². The van der Waals surface area contributed by atoms with Crippen LogP contribution >= 0.6 is 27.3 Å². The quantitative estimate of drug-likeness (QED) is 0.536. The van der Waals surface area contributed by atoms with E-state index >= 15 is 0 Å². The van der Waals surface area contributed by atoms with Crippen LogP contribution in [-0.4, -0.2) is 79.1 Å². The lowest BCUT2D eigenvalue weighted by Gasteiger charge is -2.36. The molecule has 0 radical (unpaired) electrons. The molecular formula is C23H25BrFN5O4S. The molecule has 0 aliphatic carbocycles. The highest BCUT2D eigenvalue weighted by Crippen LogP contribution is 2.37. The van der Waals surface area contributed by atoms with Gasteiger partial charge in [0.2, 0.25) is 0 Å². The Bertz CT molecular complexity index is 1150. The highest BCUT2D eigenvalue weighted by Gasteiger charge is 2.35. The fourth-order valence-corrected chi connectivity index (χ4v) is 5.16. The maximum atomic E-state index is 13.9. The lowest BCUT2D eigenvalue weighted by molar-refractivity contribution is -0.139. The van der Waals surface area contributed by atoms with Crippen molar-refractivity contribution in [2.45, 2.75) is 13.0 Å². The van der Waals surface area contributed by atoms with Crippen LogP contribution in [0, 0.1) is 5.82 Å². The first kappa shape index (κ1) is 25.3. The zero-order valence-electron chi connectivity index (χ0n) is 19.3. The number of rotatable bonds is 6. The van der Waals surface area contributed by atoms with Gasteiger partial charge in [0.25, 0.3) is 0 Å². The van der Waals surface area contributed by atoms with Gasteiger partial charge in [-0.05, 0) is 24.6 Å². The molecule has 2 aromatic rings. The van der Waals surface area contributed by atoms with Crippen molar-refractivity contribution in [1.82, 2.24) is 20.1 Å². The Labute approximate surface area is 214 Å². The second-order valence-electron chi connectivity index (χ2n) is 7.85. The van der Waals surface area contributed by atoms with Crippen molar-refractivity contribution >= 4 is 45.2 Å². The molecular weight excluding hydrogens is 541 g/mol. The van der Waals surface area contributed by atoms with E-state index in [1.165, 1.54) is 30.6 Å². The number of nitrogens with zero attached hydrogens (tertiary/aromatic N) is 4. The van der Waals surface area contributed by atoms with Crippen molar-refractivity contribution < 1.29 is 23.5 Å². The molecule has 9 nitrogen and oxygen atoms in total. The lowest BCUT2D eigenvalue weighted by Crippen LogP contribution is -2.50. The summed E-state index contributed by atoms with van der Waals surface area (Å²) < 4.78 is 24.6. The van der Waals surface area contributed by atoms with Crippen molar-refractivity contribution in [3.63, 3.8) is 0 Å². The number of ether oxygens (including phenoxy) is 2. The number of nitrogens with one attached hydrogen (secondary N) is 1. The van der Waals surface area contributed by atoms with Crippen LogP contribution in [0.3, 0.4) is 0 Å². The molecule has 3 heterocycles. The molecule has 0 saturated carbocycles. The Kier molecular flexibility index (Phi) is 8.14. The number of carbonyl (C=O) groups excluding carboxylic acids is 2. The Morgan fingerprint density at radius 2 is 2.06 bits per heavy atom. The van der Waals surface area contributed by atoms with Gasteiger partial charge in [0.15, 0.2) is 10.8 Å². The predicted octanol–water partition coefficient (Wildman–Crippen LogP) is 3.34. The van der Waals surface area contributed by atoms with E-state index in [9.17, 15) is 14.0 Å². The predicted molar refractivity (Wildman–Crippen MR) is 133 cm³/mol. The normalized spacial score (nSPS) is 18.7. The number of hydrogen-bond acceptors (Lipinski definition) is 9. The molecule has 1 saturated heterocycles. The third kappa shape index (κ3) is 5.71. The number of piperazine rings is 1. The fraction of sp³-hybridized carbons (Fsp3) is 0.391. The van der Waals surface area contributed by atoms with Crippen LogP contribution in [0.15, 0.2) is 50.5 Å². The number of hydrogen-bond donors (Lipinski definition) is 1. The maximum absolute atomic E-state index is 13.9. The Morgan fingerprint density at radius 3 is 2.69 bits per heavy atom. The minimum absolute atomic E-state index is 0.202. The number of thiazole rings is 1. The number of aromatic nitrogens is 1. The van der Waals surface area contributed by atoms with Gasteiger partial charge < -0.3 is 19.7 Å². The number of amidine groups is 1.